The molecule has 1 saturated heterocycles. The number of carbonyl (C=O) groups excluding carboxylic acids is 2. The maximum absolute atomic E-state index is 13.3. The topological polar surface area (TPSA) is 94.5 Å². The lowest BCUT2D eigenvalue weighted by atomic mass is 9.95. The number of amides is 1. The van der Waals surface area contributed by atoms with E-state index in [9.17, 15) is 14.7 Å². The maximum atomic E-state index is 13.3. The predicted octanol–water partition coefficient (Wildman–Crippen LogP) is 5.05. The molecule has 1 aliphatic heterocycles. The van der Waals surface area contributed by atoms with Gasteiger partial charge in [-0.3, -0.25) is 9.59 Å². The third-order valence-electron chi connectivity index (χ3n) is 6.79. The smallest absolute Gasteiger partial charge is 0.295 e. The summed E-state index contributed by atoms with van der Waals surface area (Å²) in [5.74, 6) is -0.0965. The number of ketones is 1. The number of hydrogen-bond acceptors (Lipinski definition) is 7. The molecule has 1 N–H and O–H groups in total. The van der Waals surface area contributed by atoms with Gasteiger partial charge < -0.3 is 29.0 Å². The van der Waals surface area contributed by atoms with E-state index in [-0.39, 0.29) is 17.9 Å². The quantitative estimate of drug-likeness (QED) is 0.160. The van der Waals surface area contributed by atoms with E-state index in [0.29, 0.717) is 48.0 Å². The van der Waals surface area contributed by atoms with Gasteiger partial charge in [0, 0.05) is 25.8 Å². The first-order valence-corrected chi connectivity index (χ1v) is 12.7. The van der Waals surface area contributed by atoms with Crippen LogP contribution >= 0.6 is 0 Å². The van der Waals surface area contributed by atoms with Gasteiger partial charge in [0.1, 0.15) is 18.1 Å². The van der Waals surface area contributed by atoms with Crippen molar-refractivity contribution in [2.24, 2.45) is 0 Å². The minimum atomic E-state index is -0.807. The number of Topliss-reactive ketones (excluding diaryl/α,β-unsaturated/α-hetero) is 1. The van der Waals surface area contributed by atoms with Crippen molar-refractivity contribution < 1.29 is 33.6 Å². The minimum Gasteiger partial charge on any atom is -0.507 e. The van der Waals surface area contributed by atoms with Crippen molar-refractivity contribution >= 4 is 17.4 Å². The fourth-order valence-corrected chi connectivity index (χ4v) is 4.66. The first-order valence-electron chi connectivity index (χ1n) is 12.7. The van der Waals surface area contributed by atoms with Gasteiger partial charge in [0.25, 0.3) is 11.7 Å². The number of aliphatic hydroxyl groups excluding tert-OH is 1. The summed E-state index contributed by atoms with van der Waals surface area (Å²) in [4.78, 5) is 27.9. The second-order valence-electron chi connectivity index (χ2n) is 9.19. The molecule has 1 heterocycles. The van der Waals surface area contributed by atoms with Crippen LogP contribution in [0, 0.1) is 6.92 Å². The summed E-state index contributed by atoms with van der Waals surface area (Å²) in [6.45, 7) is 3.13. The Morgan fingerprint density at radius 2 is 1.64 bits per heavy atom. The van der Waals surface area contributed by atoms with Gasteiger partial charge in [-0.15, -0.1) is 0 Å². The van der Waals surface area contributed by atoms with Gasteiger partial charge in [0.05, 0.1) is 25.8 Å². The second-order valence-corrected chi connectivity index (χ2v) is 9.19. The SMILES string of the molecule is COCCCN1C(=O)C(=O)C(=C(O)c2ccc(OCc3ccccc3C)cc2)C1c1ccc(OC)c(OC)c1. The fraction of sp³-hybridized carbons (Fsp3) is 0.290. The van der Waals surface area contributed by atoms with Crippen LogP contribution in [-0.2, 0) is 20.9 Å². The molecule has 3 aromatic carbocycles. The van der Waals surface area contributed by atoms with Crippen molar-refractivity contribution in [3.63, 3.8) is 0 Å². The van der Waals surface area contributed by atoms with Gasteiger partial charge in [-0.25, -0.2) is 0 Å². The minimum absolute atomic E-state index is 0.0122. The van der Waals surface area contributed by atoms with Crippen LogP contribution in [0.5, 0.6) is 17.2 Å². The van der Waals surface area contributed by atoms with Gasteiger partial charge in [-0.1, -0.05) is 30.3 Å². The Labute approximate surface area is 228 Å². The number of aryl methyl sites for hydroxylation is 1. The van der Waals surface area contributed by atoms with E-state index < -0.39 is 17.7 Å². The monoisotopic (exact) mass is 531 g/mol. The third-order valence-corrected chi connectivity index (χ3v) is 6.79. The Morgan fingerprint density at radius 3 is 2.31 bits per heavy atom. The molecule has 8 heteroatoms. The molecule has 0 aromatic heterocycles. The third kappa shape index (κ3) is 5.91. The normalized spacial score (nSPS) is 16.4. The fourth-order valence-electron chi connectivity index (χ4n) is 4.66. The zero-order valence-corrected chi connectivity index (χ0v) is 22.6. The molecule has 4 rings (SSSR count). The number of likely N-dealkylation sites (tertiary alicyclic amines) is 1. The van der Waals surface area contributed by atoms with E-state index in [1.54, 1.807) is 49.6 Å². The Hall–Kier alpha value is -4.30. The summed E-state index contributed by atoms with van der Waals surface area (Å²) in [5.41, 5.74) is 3.24. The number of aliphatic hydroxyl groups is 1. The highest BCUT2D eigenvalue weighted by atomic mass is 16.5. The highest BCUT2D eigenvalue weighted by molar-refractivity contribution is 6.46. The summed E-state index contributed by atoms with van der Waals surface area (Å²) in [5, 5.41) is 11.4. The molecule has 1 fully saturated rings. The molecule has 0 aliphatic carbocycles. The zero-order valence-electron chi connectivity index (χ0n) is 22.6. The molecule has 1 atom stereocenters. The standard InChI is InChI=1S/C31H33NO7/c1-20-8-5-6-9-23(20)19-39-24-13-10-21(11-14-24)29(33)27-28(22-12-15-25(37-3)26(18-22)38-4)32(16-7-17-36-2)31(35)30(27)34/h5-6,8-15,18,28,33H,7,16-17,19H2,1-4H3. The van der Waals surface area contributed by atoms with E-state index >= 15 is 0 Å². The van der Waals surface area contributed by atoms with Crippen molar-refractivity contribution in [1.29, 1.82) is 0 Å². The molecule has 39 heavy (non-hydrogen) atoms. The predicted molar refractivity (Wildman–Crippen MR) is 147 cm³/mol. The van der Waals surface area contributed by atoms with Gasteiger partial charge in [0.2, 0.25) is 0 Å². The highest BCUT2D eigenvalue weighted by Crippen LogP contribution is 2.42. The van der Waals surface area contributed by atoms with Crippen molar-refractivity contribution in [2.75, 3.05) is 34.5 Å². The Balaban J connectivity index is 1.68. The number of carbonyl (C=O) groups is 2. The molecule has 1 aliphatic rings. The second kappa shape index (κ2) is 12.5. The van der Waals surface area contributed by atoms with Gasteiger partial charge >= 0.3 is 0 Å². The van der Waals surface area contributed by atoms with Gasteiger partial charge in [0.15, 0.2) is 11.5 Å². The van der Waals surface area contributed by atoms with Crippen LogP contribution in [0.1, 0.15) is 34.7 Å². The molecule has 3 aromatic rings. The van der Waals surface area contributed by atoms with E-state index in [2.05, 4.69) is 0 Å². The molecule has 0 bridgehead atoms. The molecular weight excluding hydrogens is 498 g/mol. The summed E-state index contributed by atoms with van der Waals surface area (Å²) < 4.78 is 21.9. The van der Waals surface area contributed by atoms with Gasteiger partial charge in [-0.2, -0.15) is 0 Å². The maximum Gasteiger partial charge on any atom is 0.295 e. The summed E-state index contributed by atoms with van der Waals surface area (Å²) >= 11 is 0. The number of hydrogen-bond donors (Lipinski definition) is 1. The van der Waals surface area contributed by atoms with Crippen molar-refractivity contribution in [3.8, 4) is 17.2 Å². The van der Waals surface area contributed by atoms with Crippen molar-refractivity contribution in [2.45, 2.75) is 26.0 Å². The number of benzene rings is 3. The average molecular weight is 532 g/mol. The summed E-state index contributed by atoms with van der Waals surface area (Å²) in [6.07, 6.45) is 0.528. The van der Waals surface area contributed by atoms with Crippen molar-refractivity contribution in [1.82, 2.24) is 4.90 Å². The van der Waals surface area contributed by atoms with Crippen molar-refractivity contribution in [3.05, 3.63) is 94.6 Å². The Morgan fingerprint density at radius 1 is 0.923 bits per heavy atom. The molecule has 1 unspecified atom stereocenters. The van der Waals surface area contributed by atoms with Crippen LogP contribution in [0.2, 0.25) is 0 Å². The van der Waals surface area contributed by atoms with Crippen LogP contribution in [0.3, 0.4) is 0 Å². The Kier molecular flexibility index (Phi) is 8.88. The number of ether oxygens (including phenoxy) is 4. The number of rotatable bonds is 11. The van der Waals surface area contributed by atoms with Crippen LogP contribution in [-0.4, -0.2) is 56.2 Å². The Bertz CT molecular complexity index is 1360. The molecule has 8 nitrogen and oxygen atoms in total. The first-order chi connectivity index (χ1) is 18.9. The van der Waals surface area contributed by atoms with E-state index in [4.69, 9.17) is 18.9 Å². The first kappa shape index (κ1) is 27.7. The highest BCUT2D eigenvalue weighted by Gasteiger charge is 2.46. The van der Waals surface area contributed by atoms with E-state index in [1.807, 2.05) is 31.2 Å². The lowest BCUT2D eigenvalue weighted by Gasteiger charge is -2.26. The summed E-state index contributed by atoms with van der Waals surface area (Å²) in [7, 11) is 4.62. The van der Waals surface area contributed by atoms with Crippen LogP contribution < -0.4 is 14.2 Å². The van der Waals surface area contributed by atoms with Crippen LogP contribution in [0.25, 0.3) is 5.76 Å². The van der Waals surface area contributed by atoms with Gasteiger partial charge in [-0.05, 0) is 66.4 Å². The number of methoxy groups -OCH3 is 3. The largest absolute Gasteiger partial charge is 0.507 e. The molecule has 1 amide bonds. The molecular formula is C31H33NO7. The van der Waals surface area contributed by atoms with E-state index in [1.165, 1.54) is 19.1 Å². The molecule has 0 saturated carbocycles. The summed E-state index contributed by atoms with van der Waals surface area (Å²) in [6, 6.07) is 19.2. The molecule has 204 valence electrons. The van der Waals surface area contributed by atoms with Crippen LogP contribution in [0.15, 0.2) is 72.3 Å². The number of nitrogens with zero attached hydrogens (tertiary/aromatic N) is 1. The molecule has 0 spiro atoms. The lowest BCUT2D eigenvalue weighted by molar-refractivity contribution is -0.140. The molecule has 0 radical (unpaired) electrons. The van der Waals surface area contributed by atoms with Crippen LogP contribution in [0.4, 0.5) is 0 Å². The zero-order chi connectivity index (χ0) is 27.9. The van der Waals surface area contributed by atoms with E-state index in [0.717, 1.165) is 11.1 Å². The average Bonchev–Trinajstić information content (AvgIpc) is 3.21. The lowest BCUT2D eigenvalue weighted by Crippen LogP contribution is -2.31.